The molecule has 3 rings (SSSR count). The third kappa shape index (κ3) is 2.97. The summed E-state index contributed by atoms with van der Waals surface area (Å²) in [6, 6.07) is 1.91. The van der Waals surface area contributed by atoms with Gasteiger partial charge in [0.1, 0.15) is 11.2 Å². The molecule has 25 heavy (non-hydrogen) atoms. The van der Waals surface area contributed by atoms with E-state index < -0.39 is 5.54 Å². The minimum atomic E-state index is -0.641. The highest BCUT2D eigenvalue weighted by atomic mass is 16.2. The van der Waals surface area contributed by atoms with Crippen LogP contribution in [0.25, 0.3) is 0 Å². The number of aryl methyl sites for hydroxylation is 1. The number of amides is 2. The first-order valence-electron chi connectivity index (χ1n) is 8.87. The number of rotatable bonds is 4. The van der Waals surface area contributed by atoms with Crippen molar-refractivity contribution >= 4 is 11.8 Å². The number of piperazine rings is 1. The minimum Gasteiger partial charge on any atom is -0.337 e. The number of carbonyl (C=O) groups excluding carboxylic acids is 2. The molecule has 1 aromatic heterocycles. The van der Waals surface area contributed by atoms with Gasteiger partial charge in [0.15, 0.2) is 0 Å². The molecule has 0 aliphatic carbocycles. The SMILES string of the molecule is C=CCN1CCN(C(C)C)C(=O)[C@]12CCN(C(=O)c1cc(C)[nH]n1)C2. The molecule has 7 heteroatoms. The van der Waals surface area contributed by atoms with E-state index in [1.807, 2.05) is 31.7 Å². The van der Waals surface area contributed by atoms with Gasteiger partial charge in [-0.05, 0) is 33.3 Å². The lowest BCUT2D eigenvalue weighted by Crippen LogP contribution is -2.68. The predicted molar refractivity (Wildman–Crippen MR) is 95.2 cm³/mol. The first-order chi connectivity index (χ1) is 11.9. The normalized spacial score (nSPS) is 24.6. The van der Waals surface area contributed by atoms with Gasteiger partial charge in [0.25, 0.3) is 5.91 Å². The van der Waals surface area contributed by atoms with Crippen LogP contribution in [0.1, 0.15) is 36.5 Å². The summed E-state index contributed by atoms with van der Waals surface area (Å²) in [7, 11) is 0. The summed E-state index contributed by atoms with van der Waals surface area (Å²) in [5, 5.41) is 6.88. The number of aromatic nitrogens is 2. The first kappa shape index (κ1) is 17.7. The molecule has 2 amide bonds. The predicted octanol–water partition coefficient (Wildman–Crippen LogP) is 1.04. The molecule has 2 aliphatic heterocycles. The maximum atomic E-state index is 13.3. The zero-order valence-electron chi connectivity index (χ0n) is 15.3. The molecule has 0 aromatic carbocycles. The molecule has 2 aliphatic rings. The number of nitrogens with one attached hydrogen (secondary N) is 1. The van der Waals surface area contributed by atoms with E-state index in [0.717, 1.165) is 18.8 Å². The number of aromatic amines is 1. The lowest BCUT2D eigenvalue weighted by molar-refractivity contribution is -0.152. The summed E-state index contributed by atoms with van der Waals surface area (Å²) in [4.78, 5) is 31.9. The second-order valence-electron chi connectivity index (χ2n) is 7.27. The molecule has 2 fully saturated rings. The molecule has 1 spiro atoms. The van der Waals surface area contributed by atoms with E-state index in [1.165, 1.54) is 0 Å². The largest absolute Gasteiger partial charge is 0.337 e. The smallest absolute Gasteiger partial charge is 0.274 e. The van der Waals surface area contributed by atoms with Crippen LogP contribution in [0.2, 0.25) is 0 Å². The fraction of sp³-hybridized carbons (Fsp3) is 0.611. The Kier molecular flexibility index (Phi) is 4.69. The van der Waals surface area contributed by atoms with Crippen LogP contribution in [0.15, 0.2) is 18.7 Å². The topological polar surface area (TPSA) is 72.5 Å². The summed E-state index contributed by atoms with van der Waals surface area (Å²) in [6.45, 7) is 12.9. The van der Waals surface area contributed by atoms with E-state index in [0.29, 0.717) is 31.7 Å². The average Bonchev–Trinajstić information content (AvgIpc) is 3.19. The zero-order chi connectivity index (χ0) is 18.2. The molecule has 136 valence electrons. The van der Waals surface area contributed by atoms with Gasteiger partial charge in [-0.25, -0.2) is 0 Å². The summed E-state index contributed by atoms with van der Waals surface area (Å²) in [6.07, 6.45) is 2.49. The van der Waals surface area contributed by atoms with Crippen molar-refractivity contribution in [3.05, 3.63) is 30.1 Å². The number of hydrogen-bond acceptors (Lipinski definition) is 4. The zero-order valence-corrected chi connectivity index (χ0v) is 15.3. The van der Waals surface area contributed by atoms with Crippen molar-refractivity contribution in [1.82, 2.24) is 24.9 Å². The number of hydrogen-bond donors (Lipinski definition) is 1. The van der Waals surface area contributed by atoms with E-state index in [1.54, 1.807) is 11.0 Å². The van der Waals surface area contributed by atoms with Gasteiger partial charge in [0.05, 0.1) is 0 Å². The maximum Gasteiger partial charge on any atom is 0.274 e. The van der Waals surface area contributed by atoms with Crippen LogP contribution in [0.5, 0.6) is 0 Å². The standard InChI is InChI=1S/C18H27N5O2/c1-5-7-22-9-10-23(13(2)3)17(25)18(22)6-8-21(12-18)16(24)15-11-14(4)19-20-15/h5,11,13H,1,6-10,12H2,2-4H3,(H,19,20)/t18-/m1/s1. The van der Waals surface area contributed by atoms with Crippen LogP contribution in [-0.2, 0) is 4.79 Å². The Morgan fingerprint density at radius 3 is 2.80 bits per heavy atom. The van der Waals surface area contributed by atoms with Gasteiger partial charge in [0.2, 0.25) is 5.91 Å². The highest BCUT2D eigenvalue weighted by Crippen LogP contribution is 2.34. The third-order valence-electron chi connectivity index (χ3n) is 5.31. The van der Waals surface area contributed by atoms with Crippen molar-refractivity contribution in [2.45, 2.75) is 38.8 Å². The lowest BCUT2D eigenvalue weighted by atomic mass is 9.90. The highest BCUT2D eigenvalue weighted by molar-refractivity contribution is 5.95. The summed E-state index contributed by atoms with van der Waals surface area (Å²) in [5.41, 5.74) is 0.622. The van der Waals surface area contributed by atoms with Crippen molar-refractivity contribution in [3.63, 3.8) is 0 Å². The van der Waals surface area contributed by atoms with E-state index in [9.17, 15) is 9.59 Å². The van der Waals surface area contributed by atoms with Crippen LogP contribution in [0.3, 0.4) is 0 Å². The Morgan fingerprint density at radius 2 is 2.20 bits per heavy atom. The molecule has 0 saturated carbocycles. The van der Waals surface area contributed by atoms with Gasteiger partial charge in [0, 0.05) is 44.5 Å². The number of likely N-dealkylation sites (tertiary alicyclic amines) is 1. The fourth-order valence-corrected chi connectivity index (χ4v) is 3.95. The molecule has 3 heterocycles. The van der Waals surface area contributed by atoms with E-state index >= 15 is 0 Å². The maximum absolute atomic E-state index is 13.3. The van der Waals surface area contributed by atoms with Crippen molar-refractivity contribution in [1.29, 1.82) is 0 Å². The Balaban J connectivity index is 1.85. The van der Waals surface area contributed by atoms with Crippen molar-refractivity contribution in [2.75, 3.05) is 32.7 Å². The quantitative estimate of drug-likeness (QED) is 0.828. The number of H-pyrrole nitrogens is 1. The highest BCUT2D eigenvalue weighted by Gasteiger charge is 2.54. The molecule has 2 saturated heterocycles. The fourth-order valence-electron chi connectivity index (χ4n) is 3.95. The van der Waals surface area contributed by atoms with Gasteiger partial charge in [-0.3, -0.25) is 19.6 Å². The second kappa shape index (κ2) is 6.63. The summed E-state index contributed by atoms with van der Waals surface area (Å²) >= 11 is 0. The number of carbonyl (C=O) groups is 2. The molecule has 1 N–H and O–H groups in total. The van der Waals surface area contributed by atoms with E-state index in [2.05, 4.69) is 21.7 Å². The molecule has 1 atom stereocenters. The van der Waals surface area contributed by atoms with Crippen LogP contribution < -0.4 is 0 Å². The minimum absolute atomic E-state index is 0.116. The molecule has 7 nitrogen and oxygen atoms in total. The molecule has 0 unspecified atom stereocenters. The van der Waals surface area contributed by atoms with Crippen LogP contribution >= 0.6 is 0 Å². The first-order valence-corrected chi connectivity index (χ1v) is 8.87. The molecule has 0 radical (unpaired) electrons. The molecule has 0 bridgehead atoms. The van der Waals surface area contributed by atoms with Crippen molar-refractivity contribution < 1.29 is 9.59 Å². The van der Waals surface area contributed by atoms with Gasteiger partial charge in [-0.2, -0.15) is 5.10 Å². The monoisotopic (exact) mass is 345 g/mol. The van der Waals surface area contributed by atoms with E-state index in [-0.39, 0.29) is 17.9 Å². The lowest BCUT2D eigenvalue weighted by Gasteiger charge is -2.48. The average molecular weight is 345 g/mol. The number of nitrogens with zero attached hydrogens (tertiary/aromatic N) is 4. The van der Waals surface area contributed by atoms with Crippen LogP contribution in [-0.4, -0.2) is 81.0 Å². The summed E-state index contributed by atoms with van der Waals surface area (Å²) in [5.74, 6) is 0.0124. The van der Waals surface area contributed by atoms with Crippen molar-refractivity contribution in [3.8, 4) is 0 Å². The van der Waals surface area contributed by atoms with Crippen LogP contribution in [0, 0.1) is 6.92 Å². The molecular formula is C18H27N5O2. The van der Waals surface area contributed by atoms with Gasteiger partial charge >= 0.3 is 0 Å². The van der Waals surface area contributed by atoms with Crippen LogP contribution in [0.4, 0.5) is 0 Å². The molecule has 1 aromatic rings. The Hall–Kier alpha value is -2.15. The van der Waals surface area contributed by atoms with Gasteiger partial charge in [-0.15, -0.1) is 6.58 Å². The molecular weight excluding hydrogens is 318 g/mol. The van der Waals surface area contributed by atoms with Gasteiger partial charge < -0.3 is 9.80 Å². The Labute approximate surface area is 148 Å². The Bertz CT molecular complexity index is 683. The second-order valence-corrected chi connectivity index (χ2v) is 7.27. The Morgan fingerprint density at radius 1 is 1.44 bits per heavy atom. The van der Waals surface area contributed by atoms with E-state index in [4.69, 9.17) is 0 Å². The van der Waals surface area contributed by atoms with Crippen molar-refractivity contribution in [2.24, 2.45) is 0 Å². The summed E-state index contributed by atoms with van der Waals surface area (Å²) < 4.78 is 0. The van der Waals surface area contributed by atoms with Gasteiger partial charge in [-0.1, -0.05) is 6.08 Å². The third-order valence-corrected chi connectivity index (χ3v) is 5.31.